The van der Waals surface area contributed by atoms with Gasteiger partial charge in [-0.05, 0) is 19.9 Å². The van der Waals surface area contributed by atoms with E-state index in [0.29, 0.717) is 5.56 Å². The number of amides is 1. The molecule has 27 heavy (non-hydrogen) atoms. The molecule has 0 saturated carbocycles. The molecule has 138 valence electrons. The zero-order valence-corrected chi connectivity index (χ0v) is 15.4. The number of hydrogen-bond acceptors (Lipinski definition) is 5. The Hall–Kier alpha value is -3.46. The summed E-state index contributed by atoms with van der Waals surface area (Å²) >= 11 is 0. The molecule has 0 radical (unpaired) electrons. The lowest BCUT2D eigenvalue weighted by Crippen LogP contribution is -2.45. The second-order valence-electron chi connectivity index (χ2n) is 6.44. The quantitative estimate of drug-likeness (QED) is 0.581. The molecule has 0 aliphatic rings. The van der Waals surface area contributed by atoms with Crippen LogP contribution in [-0.4, -0.2) is 41.8 Å². The van der Waals surface area contributed by atoms with Gasteiger partial charge in [0.05, 0.1) is 11.6 Å². The van der Waals surface area contributed by atoms with Crippen LogP contribution in [0.1, 0.15) is 40.1 Å². The van der Waals surface area contributed by atoms with Crippen molar-refractivity contribution in [3.8, 4) is 6.07 Å². The molecule has 0 bridgehead atoms. The minimum atomic E-state index is -1.02. The molecule has 0 aliphatic heterocycles. The molecule has 6 nitrogen and oxygen atoms in total. The minimum absolute atomic E-state index is 0.0846. The van der Waals surface area contributed by atoms with Crippen molar-refractivity contribution in [2.24, 2.45) is 0 Å². The van der Waals surface area contributed by atoms with Crippen molar-refractivity contribution in [3.63, 3.8) is 0 Å². The van der Waals surface area contributed by atoms with Crippen molar-refractivity contribution in [2.45, 2.75) is 19.4 Å². The summed E-state index contributed by atoms with van der Waals surface area (Å²) in [4.78, 5) is 38.5. The summed E-state index contributed by atoms with van der Waals surface area (Å²) in [5.74, 6) is -1.59. The van der Waals surface area contributed by atoms with Gasteiger partial charge in [-0.3, -0.25) is 9.59 Å². The maximum absolute atomic E-state index is 12.7. The van der Waals surface area contributed by atoms with Crippen LogP contribution in [0.4, 0.5) is 0 Å². The van der Waals surface area contributed by atoms with Crippen LogP contribution in [0.2, 0.25) is 0 Å². The van der Waals surface area contributed by atoms with E-state index < -0.39 is 24.0 Å². The molecule has 0 N–H and O–H groups in total. The first kappa shape index (κ1) is 19.9. The standard InChI is InChI=1S/C21H20N2O4/c1-21(2,14-22)23(3)18(24)13-27-20(26)17-12-8-7-11-16(17)19(25)15-9-5-4-6-10-15/h4-12H,13H2,1-3H3. The first-order valence-corrected chi connectivity index (χ1v) is 8.31. The molecule has 2 aromatic carbocycles. The van der Waals surface area contributed by atoms with E-state index in [1.807, 2.05) is 6.07 Å². The second-order valence-corrected chi connectivity index (χ2v) is 6.44. The fourth-order valence-corrected chi connectivity index (χ4v) is 2.29. The largest absolute Gasteiger partial charge is 0.452 e. The van der Waals surface area contributed by atoms with Gasteiger partial charge in [0, 0.05) is 18.2 Å². The molecular weight excluding hydrogens is 344 g/mol. The first-order valence-electron chi connectivity index (χ1n) is 8.31. The number of ketones is 1. The number of esters is 1. The summed E-state index contributed by atoms with van der Waals surface area (Å²) in [5, 5.41) is 9.09. The van der Waals surface area contributed by atoms with Crippen molar-refractivity contribution in [1.29, 1.82) is 5.26 Å². The third-order valence-electron chi connectivity index (χ3n) is 4.24. The van der Waals surface area contributed by atoms with E-state index in [-0.39, 0.29) is 16.9 Å². The minimum Gasteiger partial charge on any atom is -0.452 e. The number of carbonyl (C=O) groups excluding carboxylic acids is 3. The van der Waals surface area contributed by atoms with E-state index >= 15 is 0 Å². The van der Waals surface area contributed by atoms with Crippen LogP contribution in [-0.2, 0) is 9.53 Å². The molecule has 0 aliphatic carbocycles. The topological polar surface area (TPSA) is 87.5 Å². The van der Waals surface area contributed by atoms with E-state index in [2.05, 4.69) is 0 Å². The van der Waals surface area contributed by atoms with Crippen LogP contribution in [0.3, 0.4) is 0 Å². The van der Waals surface area contributed by atoms with E-state index in [4.69, 9.17) is 10.00 Å². The molecular formula is C21H20N2O4. The lowest BCUT2D eigenvalue weighted by molar-refractivity contribution is -0.136. The highest BCUT2D eigenvalue weighted by Gasteiger charge is 2.28. The predicted octanol–water partition coefficient (Wildman–Crippen LogP) is 2.83. The molecule has 0 fully saturated rings. The van der Waals surface area contributed by atoms with Crippen molar-refractivity contribution in [1.82, 2.24) is 4.90 Å². The molecule has 0 aromatic heterocycles. The van der Waals surface area contributed by atoms with Gasteiger partial charge in [-0.1, -0.05) is 48.5 Å². The Morgan fingerprint density at radius 2 is 1.56 bits per heavy atom. The third kappa shape index (κ3) is 4.59. The molecule has 0 atom stereocenters. The predicted molar refractivity (Wildman–Crippen MR) is 99.1 cm³/mol. The summed E-state index contributed by atoms with van der Waals surface area (Å²) in [7, 11) is 1.46. The van der Waals surface area contributed by atoms with Gasteiger partial charge in [-0.25, -0.2) is 4.79 Å². The number of nitrogens with zero attached hydrogens (tertiary/aromatic N) is 2. The molecule has 0 saturated heterocycles. The van der Waals surface area contributed by atoms with Gasteiger partial charge < -0.3 is 9.64 Å². The number of nitriles is 1. The van der Waals surface area contributed by atoms with E-state index in [0.717, 1.165) is 0 Å². The molecule has 0 heterocycles. The monoisotopic (exact) mass is 364 g/mol. The number of rotatable bonds is 6. The van der Waals surface area contributed by atoms with Crippen LogP contribution in [0.5, 0.6) is 0 Å². The molecule has 2 rings (SSSR count). The average molecular weight is 364 g/mol. The first-order chi connectivity index (χ1) is 12.8. The van der Waals surface area contributed by atoms with E-state index in [1.54, 1.807) is 62.4 Å². The van der Waals surface area contributed by atoms with E-state index in [9.17, 15) is 14.4 Å². The van der Waals surface area contributed by atoms with Gasteiger partial charge in [0.2, 0.25) is 0 Å². The highest BCUT2D eigenvalue weighted by molar-refractivity contribution is 6.14. The van der Waals surface area contributed by atoms with Gasteiger partial charge in [-0.2, -0.15) is 5.26 Å². The lowest BCUT2D eigenvalue weighted by atomic mass is 9.98. The Morgan fingerprint density at radius 3 is 2.15 bits per heavy atom. The molecule has 0 spiro atoms. The number of ether oxygens (including phenoxy) is 1. The van der Waals surface area contributed by atoms with Crippen LogP contribution < -0.4 is 0 Å². The summed E-state index contributed by atoms with van der Waals surface area (Å²) in [6.45, 7) is 2.65. The Morgan fingerprint density at radius 1 is 1.00 bits per heavy atom. The highest BCUT2D eigenvalue weighted by atomic mass is 16.5. The normalized spacial score (nSPS) is 10.6. The second kappa shape index (κ2) is 8.28. The summed E-state index contributed by atoms with van der Waals surface area (Å²) in [5.41, 5.74) is -0.289. The van der Waals surface area contributed by atoms with Crippen LogP contribution in [0.15, 0.2) is 54.6 Å². The lowest BCUT2D eigenvalue weighted by Gasteiger charge is -2.28. The maximum atomic E-state index is 12.7. The zero-order valence-electron chi connectivity index (χ0n) is 15.4. The van der Waals surface area contributed by atoms with Crippen LogP contribution in [0.25, 0.3) is 0 Å². The fraction of sp³-hybridized carbons (Fsp3) is 0.238. The SMILES string of the molecule is CN(C(=O)COC(=O)c1ccccc1C(=O)c1ccccc1)C(C)(C)C#N. The Balaban J connectivity index is 2.15. The number of carbonyl (C=O) groups is 3. The van der Waals surface area contributed by atoms with Gasteiger partial charge in [0.15, 0.2) is 12.4 Å². The smallest absolute Gasteiger partial charge is 0.339 e. The maximum Gasteiger partial charge on any atom is 0.339 e. The molecule has 6 heteroatoms. The van der Waals surface area contributed by atoms with Gasteiger partial charge >= 0.3 is 5.97 Å². The summed E-state index contributed by atoms with van der Waals surface area (Å²) < 4.78 is 5.09. The number of likely N-dealkylation sites (N-methyl/N-ethyl adjacent to an activating group) is 1. The average Bonchev–Trinajstić information content (AvgIpc) is 2.71. The summed E-state index contributed by atoms with van der Waals surface area (Å²) in [6.07, 6.45) is 0. The van der Waals surface area contributed by atoms with Crippen molar-refractivity contribution < 1.29 is 19.1 Å². The van der Waals surface area contributed by atoms with E-state index in [1.165, 1.54) is 18.0 Å². The van der Waals surface area contributed by atoms with Crippen molar-refractivity contribution in [2.75, 3.05) is 13.7 Å². The van der Waals surface area contributed by atoms with Gasteiger partial charge in [-0.15, -0.1) is 0 Å². The Bertz CT molecular complexity index is 898. The van der Waals surface area contributed by atoms with Gasteiger partial charge in [0.1, 0.15) is 5.54 Å². The fourth-order valence-electron chi connectivity index (χ4n) is 2.29. The molecule has 2 aromatic rings. The Labute approximate surface area is 158 Å². The van der Waals surface area contributed by atoms with Crippen LogP contribution in [0, 0.1) is 11.3 Å². The van der Waals surface area contributed by atoms with Crippen molar-refractivity contribution in [3.05, 3.63) is 71.3 Å². The summed E-state index contributed by atoms with van der Waals surface area (Å²) in [6, 6.07) is 16.9. The zero-order chi connectivity index (χ0) is 20.0. The number of hydrogen-bond donors (Lipinski definition) is 0. The van der Waals surface area contributed by atoms with Crippen molar-refractivity contribution >= 4 is 17.7 Å². The number of benzene rings is 2. The molecule has 0 unspecified atom stereocenters. The van der Waals surface area contributed by atoms with Gasteiger partial charge in [0.25, 0.3) is 5.91 Å². The third-order valence-corrected chi connectivity index (χ3v) is 4.24. The highest BCUT2D eigenvalue weighted by Crippen LogP contribution is 2.16. The van der Waals surface area contributed by atoms with Crippen LogP contribution >= 0.6 is 0 Å². The Kier molecular flexibility index (Phi) is 6.09. The molecule has 1 amide bonds.